The molecular weight excluding hydrogens is 341 g/mol. The maximum atomic E-state index is 13.9. The highest BCUT2D eigenvalue weighted by atomic mass is 19.1. The lowest BCUT2D eigenvalue weighted by Gasteiger charge is -2.11. The number of rotatable bonds is 2. The first-order valence-corrected chi connectivity index (χ1v) is 8.40. The Morgan fingerprint density at radius 1 is 1.00 bits per heavy atom. The van der Waals surface area contributed by atoms with Crippen molar-refractivity contribution in [3.05, 3.63) is 84.4 Å². The summed E-state index contributed by atoms with van der Waals surface area (Å²) in [4.78, 5) is 4.67. The number of hydrogen-bond acceptors (Lipinski definition) is 3. The second-order valence-electron chi connectivity index (χ2n) is 6.18. The number of halogens is 1. The predicted octanol–water partition coefficient (Wildman–Crippen LogP) is 5.43. The molecule has 0 radical (unpaired) electrons. The summed E-state index contributed by atoms with van der Waals surface area (Å²) in [5, 5.41) is 9.84. The first kappa shape index (κ1) is 15.4. The molecule has 0 saturated heterocycles. The smallest absolute Gasteiger partial charge is 0.157 e. The van der Waals surface area contributed by atoms with E-state index in [9.17, 15) is 9.65 Å². The minimum Gasteiger partial charge on any atom is -0.464 e. The third-order valence-electron chi connectivity index (χ3n) is 4.59. The maximum Gasteiger partial charge on any atom is 0.157 e. The number of fused-ring (bicyclic) bond motifs is 3. The van der Waals surface area contributed by atoms with Crippen LogP contribution in [0.2, 0.25) is 0 Å². The molecule has 27 heavy (non-hydrogen) atoms. The molecule has 0 aliphatic carbocycles. The zero-order valence-corrected chi connectivity index (χ0v) is 14.1. The van der Waals surface area contributed by atoms with Crippen LogP contribution in [0.3, 0.4) is 0 Å². The number of pyridine rings is 1. The summed E-state index contributed by atoms with van der Waals surface area (Å²) in [6, 6.07) is 21.7. The molecule has 0 spiro atoms. The zero-order chi connectivity index (χ0) is 18.4. The Balaban J connectivity index is 1.99. The third kappa shape index (κ3) is 2.31. The molecule has 0 amide bonds. The molecular formula is C22H12FN3O. The van der Waals surface area contributed by atoms with Gasteiger partial charge in [0.2, 0.25) is 0 Å². The first-order chi connectivity index (χ1) is 13.3. The second-order valence-corrected chi connectivity index (χ2v) is 6.18. The number of hydrogen-bond donors (Lipinski definition) is 0. The quantitative estimate of drug-likeness (QED) is 0.425. The van der Waals surface area contributed by atoms with Crippen molar-refractivity contribution in [3.63, 3.8) is 0 Å². The van der Waals surface area contributed by atoms with E-state index < -0.39 is 0 Å². The number of furan rings is 1. The SMILES string of the molecule is N#Cc1c(-c2ccco2)cc(-c2cccc(F)c2)n2c1nc1ccccc12. The summed E-state index contributed by atoms with van der Waals surface area (Å²) in [7, 11) is 0. The molecule has 3 aromatic heterocycles. The van der Waals surface area contributed by atoms with E-state index in [1.807, 2.05) is 40.8 Å². The predicted molar refractivity (Wildman–Crippen MR) is 101 cm³/mol. The molecule has 5 heteroatoms. The van der Waals surface area contributed by atoms with Gasteiger partial charge in [0.25, 0.3) is 0 Å². The van der Waals surface area contributed by atoms with Crippen molar-refractivity contribution in [1.82, 2.24) is 9.38 Å². The highest BCUT2D eigenvalue weighted by molar-refractivity contribution is 5.90. The fraction of sp³-hybridized carbons (Fsp3) is 0. The number of aromatic nitrogens is 2. The largest absolute Gasteiger partial charge is 0.464 e. The molecule has 0 bridgehead atoms. The molecule has 0 unspecified atom stereocenters. The van der Waals surface area contributed by atoms with E-state index in [0.29, 0.717) is 28.1 Å². The molecule has 0 atom stereocenters. The topological polar surface area (TPSA) is 54.2 Å². The molecule has 0 aliphatic heterocycles. The van der Waals surface area contributed by atoms with Crippen LogP contribution in [0, 0.1) is 17.1 Å². The summed E-state index contributed by atoms with van der Waals surface area (Å²) >= 11 is 0. The van der Waals surface area contributed by atoms with Crippen LogP contribution in [-0.4, -0.2) is 9.38 Å². The number of para-hydroxylation sites is 2. The van der Waals surface area contributed by atoms with Crippen LogP contribution >= 0.6 is 0 Å². The maximum absolute atomic E-state index is 13.9. The average molecular weight is 353 g/mol. The van der Waals surface area contributed by atoms with Crippen LogP contribution in [0.15, 0.2) is 77.4 Å². The number of imidazole rings is 1. The van der Waals surface area contributed by atoms with Gasteiger partial charge < -0.3 is 4.42 Å². The minimum absolute atomic E-state index is 0.325. The molecule has 5 rings (SSSR count). The van der Waals surface area contributed by atoms with Crippen LogP contribution < -0.4 is 0 Å². The van der Waals surface area contributed by atoms with Crippen LogP contribution in [0.4, 0.5) is 4.39 Å². The number of benzene rings is 2. The van der Waals surface area contributed by atoms with Crippen LogP contribution in [0.25, 0.3) is 39.3 Å². The lowest BCUT2D eigenvalue weighted by molar-refractivity contribution is 0.582. The van der Waals surface area contributed by atoms with Gasteiger partial charge in [-0.3, -0.25) is 4.40 Å². The van der Waals surface area contributed by atoms with E-state index in [1.165, 1.54) is 12.1 Å². The zero-order valence-electron chi connectivity index (χ0n) is 14.1. The normalized spacial score (nSPS) is 11.1. The molecule has 0 fully saturated rings. The summed E-state index contributed by atoms with van der Waals surface area (Å²) in [6.45, 7) is 0. The molecule has 4 nitrogen and oxygen atoms in total. The van der Waals surface area contributed by atoms with Gasteiger partial charge in [0, 0.05) is 11.1 Å². The molecule has 128 valence electrons. The fourth-order valence-corrected chi connectivity index (χ4v) is 3.43. The monoisotopic (exact) mass is 353 g/mol. The van der Waals surface area contributed by atoms with E-state index in [1.54, 1.807) is 24.5 Å². The van der Waals surface area contributed by atoms with Crippen LogP contribution in [0.1, 0.15) is 5.56 Å². The van der Waals surface area contributed by atoms with Crippen molar-refractivity contribution in [2.45, 2.75) is 0 Å². The summed E-state index contributed by atoms with van der Waals surface area (Å²) in [5.74, 6) is 0.243. The molecule has 0 aliphatic rings. The summed E-state index contributed by atoms with van der Waals surface area (Å²) < 4.78 is 21.4. The Morgan fingerprint density at radius 3 is 2.67 bits per heavy atom. The average Bonchev–Trinajstić information content (AvgIpc) is 3.34. The van der Waals surface area contributed by atoms with Gasteiger partial charge in [0.05, 0.1) is 23.0 Å². The van der Waals surface area contributed by atoms with Gasteiger partial charge in [-0.05, 0) is 42.5 Å². The van der Waals surface area contributed by atoms with Crippen LogP contribution in [-0.2, 0) is 0 Å². The lowest BCUT2D eigenvalue weighted by Crippen LogP contribution is -1.98. The van der Waals surface area contributed by atoms with Gasteiger partial charge >= 0.3 is 0 Å². The van der Waals surface area contributed by atoms with E-state index in [-0.39, 0.29) is 5.82 Å². The molecule has 0 saturated carbocycles. The Labute approximate surface area is 153 Å². The van der Waals surface area contributed by atoms with Crippen molar-refractivity contribution >= 4 is 16.7 Å². The molecule has 0 N–H and O–H groups in total. The second kappa shape index (κ2) is 5.82. The minimum atomic E-state index is -0.325. The summed E-state index contributed by atoms with van der Waals surface area (Å²) in [5.41, 5.74) is 4.62. The Kier molecular flexibility index (Phi) is 3.31. The Hall–Kier alpha value is -3.91. The van der Waals surface area contributed by atoms with Crippen molar-refractivity contribution in [3.8, 4) is 28.7 Å². The lowest BCUT2D eigenvalue weighted by atomic mass is 10.0. The standard InChI is InChI=1S/C22H12FN3O/c23-15-6-3-5-14(11-15)20-12-16(21-9-4-10-27-21)17(13-24)22-25-18-7-1-2-8-19(18)26(20)22/h1-12H. The first-order valence-electron chi connectivity index (χ1n) is 8.40. The Morgan fingerprint density at radius 2 is 1.89 bits per heavy atom. The Bertz CT molecular complexity index is 1340. The van der Waals surface area contributed by atoms with Gasteiger partial charge in [0.15, 0.2) is 5.65 Å². The van der Waals surface area contributed by atoms with Crippen LogP contribution in [0.5, 0.6) is 0 Å². The van der Waals surface area contributed by atoms with Crippen molar-refractivity contribution in [2.75, 3.05) is 0 Å². The van der Waals surface area contributed by atoms with Gasteiger partial charge in [-0.15, -0.1) is 0 Å². The van der Waals surface area contributed by atoms with Crippen molar-refractivity contribution in [1.29, 1.82) is 5.26 Å². The highest BCUT2D eigenvalue weighted by Crippen LogP contribution is 2.35. The highest BCUT2D eigenvalue weighted by Gasteiger charge is 2.20. The molecule has 5 aromatic rings. The number of nitriles is 1. The summed E-state index contributed by atoms with van der Waals surface area (Å²) in [6.07, 6.45) is 1.56. The van der Waals surface area contributed by atoms with Gasteiger partial charge in [0.1, 0.15) is 23.2 Å². The number of nitrogens with zero attached hydrogens (tertiary/aromatic N) is 3. The van der Waals surface area contributed by atoms with Crippen molar-refractivity contribution in [2.24, 2.45) is 0 Å². The molecule has 2 aromatic carbocycles. The van der Waals surface area contributed by atoms with Crippen molar-refractivity contribution < 1.29 is 8.81 Å². The fourth-order valence-electron chi connectivity index (χ4n) is 3.43. The van der Waals surface area contributed by atoms with E-state index in [2.05, 4.69) is 11.1 Å². The van der Waals surface area contributed by atoms with E-state index in [4.69, 9.17) is 4.42 Å². The molecule has 3 heterocycles. The third-order valence-corrected chi connectivity index (χ3v) is 4.59. The van der Waals surface area contributed by atoms with Gasteiger partial charge in [-0.2, -0.15) is 5.26 Å². The van der Waals surface area contributed by atoms with E-state index >= 15 is 0 Å². The van der Waals surface area contributed by atoms with Gasteiger partial charge in [-0.25, -0.2) is 9.37 Å². The van der Waals surface area contributed by atoms with Gasteiger partial charge in [-0.1, -0.05) is 24.3 Å². The van der Waals surface area contributed by atoms with E-state index in [0.717, 1.165) is 16.7 Å².